The molecule has 1 atom stereocenters. The van der Waals surface area contributed by atoms with Crippen molar-refractivity contribution >= 4 is 11.7 Å². The van der Waals surface area contributed by atoms with Gasteiger partial charge in [-0.3, -0.25) is 4.79 Å². The zero-order chi connectivity index (χ0) is 18.7. The summed E-state index contributed by atoms with van der Waals surface area (Å²) in [7, 11) is 0. The van der Waals surface area contributed by atoms with E-state index in [4.69, 9.17) is 0 Å². The van der Waals surface area contributed by atoms with Crippen molar-refractivity contribution < 1.29 is 18.0 Å². The molecule has 1 aliphatic rings. The number of nitrogens with one attached hydrogen (secondary N) is 2. The molecule has 1 aromatic heterocycles. The molecule has 1 amide bonds. The molecule has 0 radical (unpaired) electrons. The van der Waals surface area contributed by atoms with Crippen LogP contribution in [-0.4, -0.2) is 28.5 Å². The van der Waals surface area contributed by atoms with E-state index < -0.39 is 17.8 Å². The van der Waals surface area contributed by atoms with E-state index >= 15 is 0 Å². The van der Waals surface area contributed by atoms with Gasteiger partial charge < -0.3 is 10.6 Å². The van der Waals surface area contributed by atoms with Crippen LogP contribution in [0.4, 0.5) is 19.0 Å². The van der Waals surface area contributed by atoms with Gasteiger partial charge in [-0.15, -0.1) is 0 Å². The molecule has 8 heteroatoms. The molecule has 0 spiro atoms. The highest BCUT2D eigenvalue weighted by Gasteiger charge is 2.30. The van der Waals surface area contributed by atoms with Crippen molar-refractivity contribution in [1.29, 1.82) is 0 Å². The van der Waals surface area contributed by atoms with E-state index in [1.54, 1.807) is 13.1 Å². The molecule has 138 valence electrons. The predicted molar refractivity (Wildman–Crippen MR) is 91.5 cm³/mol. The molecule has 5 nitrogen and oxygen atoms in total. The number of rotatable bonds is 3. The van der Waals surface area contributed by atoms with E-state index in [1.807, 2.05) is 0 Å². The zero-order valence-electron chi connectivity index (χ0n) is 14.2. The Kier molecular flexibility index (Phi) is 5.11. The van der Waals surface area contributed by atoms with E-state index in [0.29, 0.717) is 35.7 Å². The number of benzene rings is 1. The first-order valence-corrected chi connectivity index (χ1v) is 8.40. The third kappa shape index (κ3) is 4.12. The maximum atomic E-state index is 12.8. The zero-order valence-corrected chi connectivity index (χ0v) is 14.2. The monoisotopic (exact) mass is 364 g/mol. The number of hydrogen-bond donors (Lipinski definition) is 2. The van der Waals surface area contributed by atoms with Crippen LogP contribution >= 0.6 is 0 Å². The number of nitrogens with zero attached hydrogens (tertiary/aromatic N) is 2. The predicted octanol–water partition coefficient (Wildman–Crippen LogP) is 3.55. The third-order valence-corrected chi connectivity index (χ3v) is 4.28. The Hall–Kier alpha value is -2.64. The maximum Gasteiger partial charge on any atom is 0.416 e. The molecule has 0 saturated carbocycles. The lowest BCUT2D eigenvalue weighted by Gasteiger charge is -2.18. The number of carbonyl (C=O) groups excluding carboxylic acids is 1. The molecule has 3 rings (SSSR count). The number of carbonyl (C=O) groups is 1. The molecular weight excluding hydrogens is 345 g/mol. The van der Waals surface area contributed by atoms with Gasteiger partial charge in [-0.05, 0) is 43.9 Å². The molecule has 1 aliphatic heterocycles. The highest BCUT2D eigenvalue weighted by Crippen LogP contribution is 2.32. The molecule has 26 heavy (non-hydrogen) atoms. The number of aromatic nitrogens is 2. The lowest BCUT2D eigenvalue weighted by molar-refractivity contribution is -0.137. The van der Waals surface area contributed by atoms with Gasteiger partial charge in [0.1, 0.15) is 17.7 Å². The van der Waals surface area contributed by atoms with E-state index in [1.165, 1.54) is 12.1 Å². The Balaban J connectivity index is 1.91. The van der Waals surface area contributed by atoms with E-state index in [9.17, 15) is 18.0 Å². The molecule has 0 bridgehead atoms. The van der Waals surface area contributed by atoms with Crippen molar-refractivity contribution in [3.05, 3.63) is 41.9 Å². The van der Waals surface area contributed by atoms with Crippen molar-refractivity contribution in [2.75, 3.05) is 11.9 Å². The summed E-state index contributed by atoms with van der Waals surface area (Å²) in [5.74, 6) is 0.855. The summed E-state index contributed by atoms with van der Waals surface area (Å²) in [4.78, 5) is 20.7. The first-order valence-electron chi connectivity index (χ1n) is 8.40. The van der Waals surface area contributed by atoms with Crippen LogP contribution in [0.1, 0.15) is 30.7 Å². The summed E-state index contributed by atoms with van der Waals surface area (Å²) in [6.07, 6.45) is -0.348. The minimum Gasteiger partial charge on any atom is -0.358 e. The highest BCUT2D eigenvalue weighted by atomic mass is 19.4. The molecule has 2 aromatic rings. The van der Waals surface area contributed by atoms with Crippen LogP contribution < -0.4 is 10.6 Å². The van der Waals surface area contributed by atoms with Crippen LogP contribution in [-0.2, 0) is 11.0 Å². The second-order valence-corrected chi connectivity index (χ2v) is 6.24. The van der Waals surface area contributed by atoms with Crippen LogP contribution in [0.2, 0.25) is 0 Å². The van der Waals surface area contributed by atoms with Crippen LogP contribution in [0.25, 0.3) is 11.1 Å². The standard InChI is InChI=1S/C18H19F3N4O/c1-11-23-10-14(12-5-7-13(8-6-12)18(19,20)21)16(24-11)25-15-4-2-3-9-22-17(15)26/h5-8,10,15H,2-4,9H2,1H3,(H,22,26)(H,23,24,25). The number of hydrogen-bond acceptors (Lipinski definition) is 4. The van der Waals surface area contributed by atoms with Gasteiger partial charge in [-0.2, -0.15) is 13.2 Å². The highest BCUT2D eigenvalue weighted by molar-refractivity contribution is 5.86. The Morgan fingerprint density at radius 3 is 2.62 bits per heavy atom. The maximum absolute atomic E-state index is 12.8. The van der Waals surface area contributed by atoms with Crippen LogP contribution in [0.5, 0.6) is 0 Å². The Bertz CT molecular complexity index is 790. The Morgan fingerprint density at radius 1 is 1.19 bits per heavy atom. The molecule has 1 unspecified atom stereocenters. The number of aryl methyl sites for hydroxylation is 1. The van der Waals surface area contributed by atoms with Crippen LogP contribution in [0.15, 0.2) is 30.5 Å². The van der Waals surface area contributed by atoms with Gasteiger partial charge >= 0.3 is 6.18 Å². The summed E-state index contributed by atoms with van der Waals surface area (Å²) in [6.45, 7) is 2.36. The van der Waals surface area contributed by atoms with E-state index in [2.05, 4.69) is 20.6 Å². The lowest BCUT2D eigenvalue weighted by Crippen LogP contribution is -2.38. The van der Waals surface area contributed by atoms with Crippen molar-refractivity contribution in [2.45, 2.75) is 38.4 Å². The number of alkyl halides is 3. The van der Waals surface area contributed by atoms with Crippen LogP contribution in [0.3, 0.4) is 0 Å². The summed E-state index contributed by atoms with van der Waals surface area (Å²) in [5.41, 5.74) is 0.392. The topological polar surface area (TPSA) is 66.9 Å². The fraction of sp³-hybridized carbons (Fsp3) is 0.389. The molecular formula is C18H19F3N4O. The first kappa shape index (κ1) is 18.2. The summed E-state index contributed by atoms with van der Waals surface area (Å²) < 4.78 is 38.3. The molecule has 1 fully saturated rings. The van der Waals surface area contributed by atoms with E-state index in [-0.39, 0.29) is 5.91 Å². The second kappa shape index (κ2) is 7.31. The van der Waals surface area contributed by atoms with Gasteiger partial charge in [-0.25, -0.2) is 9.97 Å². The average molecular weight is 364 g/mol. The first-order chi connectivity index (χ1) is 12.3. The van der Waals surface area contributed by atoms with Crippen molar-refractivity contribution in [2.24, 2.45) is 0 Å². The van der Waals surface area contributed by atoms with Gasteiger partial charge in [0, 0.05) is 18.3 Å². The molecule has 1 aromatic carbocycles. The van der Waals surface area contributed by atoms with Gasteiger partial charge in [0.15, 0.2) is 0 Å². The molecule has 2 heterocycles. The molecule has 2 N–H and O–H groups in total. The quantitative estimate of drug-likeness (QED) is 0.874. The van der Waals surface area contributed by atoms with E-state index in [0.717, 1.165) is 25.0 Å². The average Bonchev–Trinajstić information content (AvgIpc) is 2.79. The van der Waals surface area contributed by atoms with Gasteiger partial charge in [-0.1, -0.05) is 12.1 Å². The normalized spacial score (nSPS) is 18.2. The van der Waals surface area contributed by atoms with Crippen molar-refractivity contribution in [3.63, 3.8) is 0 Å². The number of halogens is 3. The number of amides is 1. The van der Waals surface area contributed by atoms with Gasteiger partial charge in [0.2, 0.25) is 5.91 Å². The van der Waals surface area contributed by atoms with Gasteiger partial charge in [0.25, 0.3) is 0 Å². The minimum absolute atomic E-state index is 0.0999. The molecule has 1 saturated heterocycles. The Labute approximate surface area is 149 Å². The minimum atomic E-state index is -4.39. The molecule has 0 aliphatic carbocycles. The van der Waals surface area contributed by atoms with Crippen molar-refractivity contribution in [3.8, 4) is 11.1 Å². The fourth-order valence-corrected chi connectivity index (χ4v) is 2.87. The summed E-state index contributed by atoms with van der Waals surface area (Å²) >= 11 is 0. The summed E-state index contributed by atoms with van der Waals surface area (Å²) in [5, 5.41) is 5.98. The second-order valence-electron chi connectivity index (χ2n) is 6.24. The fourth-order valence-electron chi connectivity index (χ4n) is 2.87. The van der Waals surface area contributed by atoms with Crippen molar-refractivity contribution in [1.82, 2.24) is 15.3 Å². The number of anilines is 1. The lowest BCUT2D eigenvalue weighted by atomic mass is 10.0. The van der Waals surface area contributed by atoms with Gasteiger partial charge in [0.05, 0.1) is 5.56 Å². The smallest absolute Gasteiger partial charge is 0.358 e. The van der Waals surface area contributed by atoms with Crippen LogP contribution in [0, 0.1) is 6.92 Å². The SMILES string of the molecule is Cc1ncc(-c2ccc(C(F)(F)F)cc2)c(NC2CCCCNC2=O)n1. The largest absolute Gasteiger partial charge is 0.416 e. The third-order valence-electron chi connectivity index (χ3n) is 4.28. The Morgan fingerprint density at radius 2 is 1.92 bits per heavy atom. The summed E-state index contributed by atoms with van der Waals surface area (Å²) in [6, 6.07) is 4.39.